The summed E-state index contributed by atoms with van der Waals surface area (Å²) in [4.78, 5) is 15.6. The zero-order chi connectivity index (χ0) is 23.5. The van der Waals surface area contributed by atoms with Gasteiger partial charge in [-0.25, -0.2) is 14.5 Å². The first-order valence-corrected chi connectivity index (χ1v) is 11.1. The minimum Gasteiger partial charge on any atom is -0.404 e. The molecule has 0 radical (unpaired) electrons. The van der Waals surface area contributed by atoms with Crippen LogP contribution in [0.1, 0.15) is 24.0 Å². The first-order valence-electron chi connectivity index (χ1n) is 11.1. The maximum absolute atomic E-state index is 6.21. The van der Waals surface area contributed by atoms with Crippen molar-refractivity contribution in [2.24, 2.45) is 16.6 Å². The van der Waals surface area contributed by atoms with E-state index in [1.807, 2.05) is 48.8 Å². The van der Waals surface area contributed by atoms with Crippen molar-refractivity contribution < 1.29 is 4.74 Å². The standard InChI is InChI=1S/C24H32N8O/c1-15-12-31(5)13-21(15)33-14-19(11-25)24(26-4)18-6-7-32-20(9-18)10-23(30-32)29-22-8-16(2)27-17(3)28-22/h6-11,15,21H,12-14,25H2,1-5H3,(H,27,28,29,30)/b19-11-,26-24?/t15-,21+/m1/s1. The van der Waals surface area contributed by atoms with Crippen molar-refractivity contribution in [3.8, 4) is 0 Å². The first kappa shape index (κ1) is 22.9. The Morgan fingerprint density at radius 1 is 1.24 bits per heavy atom. The summed E-state index contributed by atoms with van der Waals surface area (Å²) >= 11 is 0. The van der Waals surface area contributed by atoms with Crippen molar-refractivity contribution in [1.29, 1.82) is 0 Å². The van der Waals surface area contributed by atoms with Crippen LogP contribution in [0.2, 0.25) is 0 Å². The number of aryl methyl sites for hydroxylation is 2. The minimum atomic E-state index is 0.197. The molecule has 9 nitrogen and oxygen atoms in total. The third-order valence-corrected chi connectivity index (χ3v) is 5.87. The summed E-state index contributed by atoms with van der Waals surface area (Å²) in [5.74, 6) is 2.63. The Kier molecular flexibility index (Phi) is 6.71. The molecule has 0 aliphatic carbocycles. The fraction of sp³-hybridized carbons (Fsp3) is 0.417. The largest absolute Gasteiger partial charge is 0.404 e. The van der Waals surface area contributed by atoms with Gasteiger partial charge in [-0.1, -0.05) is 6.92 Å². The third-order valence-electron chi connectivity index (χ3n) is 5.87. The van der Waals surface area contributed by atoms with Gasteiger partial charge in [0.1, 0.15) is 11.6 Å². The van der Waals surface area contributed by atoms with Crippen molar-refractivity contribution in [3.63, 3.8) is 0 Å². The summed E-state index contributed by atoms with van der Waals surface area (Å²) in [6, 6.07) is 7.90. The van der Waals surface area contributed by atoms with E-state index < -0.39 is 0 Å². The van der Waals surface area contributed by atoms with Gasteiger partial charge in [0.2, 0.25) is 0 Å². The van der Waals surface area contributed by atoms with Gasteiger partial charge in [0.15, 0.2) is 5.82 Å². The van der Waals surface area contributed by atoms with Gasteiger partial charge < -0.3 is 20.7 Å². The number of hydrogen-bond donors (Lipinski definition) is 2. The van der Waals surface area contributed by atoms with Crippen LogP contribution < -0.4 is 11.1 Å². The van der Waals surface area contributed by atoms with Crippen molar-refractivity contribution in [3.05, 3.63) is 59.3 Å². The van der Waals surface area contributed by atoms with Crippen LogP contribution in [0.15, 0.2) is 47.2 Å². The highest BCUT2D eigenvalue weighted by Crippen LogP contribution is 2.21. The van der Waals surface area contributed by atoms with Crippen molar-refractivity contribution in [1.82, 2.24) is 24.5 Å². The number of aromatic nitrogens is 4. The zero-order valence-corrected chi connectivity index (χ0v) is 19.9. The average Bonchev–Trinajstić information content (AvgIpc) is 3.30. The van der Waals surface area contributed by atoms with Crippen LogP contribution in [-0.2, 0) is 4.74 Å². The molecule has 0 unspecified atom stereocenters. The Bertz CT molecular complexity index is 1180. The average molecular weight is 449 g/mol. The van der Waals surface area contributed by atoms with Crippen LogP contribution in [0, 0.1) is 19.8 Å². The van der Waals surface area contributed by atoms with Gasteiger partial charge in [-0.3, -0.25) is 4.99 Å². The smallest absolute Gasteiger partial charge is 0.154 e. The third kappa shape index (κ3) is 5.20. The molecule has 4 heterocycles. The highest BCUT2D eigenvalue weighted by atomic mass is 16.5. The molecule has 174 valence electrons. The molecule has 0 bridgehead atoms. The Morgan fingerprint density at radius 2 is 2.06 bits per heavy atom. The van der Waals surface area contributed by atoms with E-state index in [-0.39, 0.29) is 6.10 Å². The lowest BCUT2D eigenvalue weighted by Gasteiger charge is -2.18. The van der Waals surface area contributed by atoms with Gasteiger partial charge in [-0.15, -0.1) is 0 Å². The molecule has 4 rings (SSSR count). The fourth-order valence-corrected chi connectivity index (χ4v) is 4.35. The lowest BCUT2D eigenvalue weighted by Crippen LogP contribution is -2.24. The molecule has 9 heteroatoms. The van der Waals surface area contributed by atoms with E-state index >= 15 is 0 Å². The summed E-state index contributed by atoms with van der Waals surface area (Å²) in [6.07, 6.45) is 3.71. The van der Waals surface area contributed by atoms with Gasteiger partial charge in [0.05, 0.1) is 23.9 Å². The second-order valence-electron chi connectivity index (χ2n) is 8.69. The Balaban J connectivity index is 1.52. The number of nitrogens with zero attached hydrogens (tertiary/aromatic N) is 6. The molecule has 3 aromatic heterocycles. The first-order chi connectivity index (χ1) is 15.9. The molecule has 0 saturated carbocycles. The van der Waals surface area contributed by atoms with E-state index in [4.69, 9.17) is 10.5 Å². The molecular weight excluding hydrogens is 416 g/mol. The van der Waals surface area contributed by atoms with Gasteiger partial charge in [-0.2, -0.15) is 5.10 Å². The number of hydrogen-bond acceptors (Lipinski definition) is 8. The Morgan fingerprint density at radius 3 is 2.73 bits per heavy atom. The fourth-order valence-electron chi connectivity index (χ4n) is 4.35. The maximum atomic E-state index is 6.21. The number of rotatable bonds is 7. The summed E-state index contributed by atoms with van der Waals surface area (Å²) in [5, 5.41) is 7.86. The molecule has 1 aliphatic rings. The second-order valence-corrected chi connectivity index (χ2v) is 8.69. The minimum absolute atomic E-state index is 0.197. The normalized spacial score (nSPS) is 20.0. The van der Waals surface area contributed by atoms with Gasteiger partial charge in [0.25, 0.3) is 0 Å². The summed E-state index contributed by atoms with van der Waals surface area (Å²) < 4.78 is 8.03. The number of anilines is 2. The van der Waals surface area contributed by atoms with Crippen LogP contribution in [0.5, 0.6) is 0 Å². The summed E-state index contributed by atoms with van der Waals surface area (Å²) in [5.41, 5.74) is 10.5. The van der Waals surface area contributed by atoms with Gasteiger partial charge >= 0.3 is 0 Å². The second kappa shape index (κ2) is 9.68. The molecule has 3 aromatic rings. The molecule has 33 heavy (non-hydrogen) atoms. The van der Waals surface area contributed by atoms with Crippen LogP contribution in [0.4, 0.5) is 11.6 Å². The number of pyridine rings is 1. The lowest BCUT2D eigenvalue weighted by atomic mass is 10.0. The van der Waals surface area contributed by atoms with Crippen LogP contribution in [-0.4, -0.2) is 70.1 Å². The molecule has 2 atom stereocenters. The monoisotopic (exact) mass is 448 g/mol. The zero-order valence-electron chi connectivity index (χ0n) is 19.9. The number of nitrogens with one attached hydrogen (secondary N) is 1. The van der Waals surface area contributed by atoms with E-state index in [9.17, 15) is 0 Å². The molecule has 0 aromatic carbocycles. The molecule has 0 spiro atoms. The van der Waals surface area contributed by atoms with E-state index in [1.54, 1.807) is 13.2 Å². The number of nitrogens with two attached hydrogens (primary N) is 1. The van der Waals surface area contributed by atoms with E-state index in [0.29, 0.717) is 24.2 Å². The number of ether oxygens (including phenoxy) is 1. The predicted molar refractivity (Wildman–Crippen MR) is 131 cm³/mol. The van der Waals surface area contributed by atoms with Crippen LogP contribution in [0.25, 0.3) is 5.52 Å². The maximum Gasteiger partial charge on any atom is 0.154 e. The summed E-state index contributed by atoms with van der Waals surface area (Å²) in [7, 11) is 3.90. The number of fused-ring (bicyclic) bond motifs is 1. The van der Waals surface area contributed by atoms with E-state index in [2.05, 4.69) is 44.2 Å². The molecule has 1 saturated heterocycles. The predicted octanol–water partition coefficient (Wildman–Crippen LogP) is 2.71. The molecule has 0 amide bonds. The quantitative estimate of drug-likeness (QED) is 0.535. The van der Waals surface area contributed by atoms with Gasteiger partial charge in [0, 0.05) is 61.5 Å². The Hall–Kier alpha value is -3.30. The molecule has 1 aliphatic heterocycles. The molecule has 1 fully saturated rings. The van der Waals surface area contributed by atoms with E-state index in [1.165, 1.54) is 0 Å². The number of aliphatic imine (C=N–C) groups is 1. The number of likely N-dealkylation sites (N-methyl/N-ethyl adjacent to an activating group) is 1. The number of likely N-dealkylation sites (tertiary alicyclic amines) is 1. The summed E-state index contributed by atoms with van der Waals surface area (Å²) in [6.45, 7) is 8.44. The molecular formula is C24H32N8O. The Labute approximate surface area is 194 Å². The SMILES string of the molecule is CN=C(/C(=C\N)CO[C@H]1CN(C)C[C@H]1C)c1ccn2nc(Nc3cc(C)nc(C)n3)cc2c1. The van der Waals surface area contributed by atoms with Crippen molar-refractivity contribution in [2.75, 3.05) is 39.1 Å². The van der Waals surface area contributed by atoms with Crippen LogP contribution >= 0.6 is 0 Å². The lowest BCUT2D eigenvalue weighted by molar-refractivity contribution is 0.0565. The highest BCUT2D eigenvalue weighted by Gasteiger charge is 2.28. The van der Waals surface area contributed by atoms with E-state index in [0.717, 1.165) is 47.0 Å². The topological polar surface area (TPSA) is 106 Å². The molecule has 3 N–H and O–H groups in total. The van der Waals surface area contributed by atoms with Crippen molar-refractivity contribution in [2.45, 2.75) is 26.9 Å². The van der Waals surface area contributed by atoms with Crippen LogP contribution in [0.3, 0.4) is 0 Å². The van der Waals surface area contributed by atoms with Gasteiger partial charge in [-0.05, 0) is 38.9 Å². The highest BCUT2D eigenvalue weighted by molar-refractivity contribution is 6.13. The van der Waals surface area contributed by atoms with Crippen molar-refractivity contribution >= 4 is 22.9 Å².